The Morgan fingerprint density at radius 3 is 1.61 bits per heavy atom. The molecule has 16 nitrogen and oxygen atoms in total. The van der Waals surface area contributed by atoms with E-state index < -0.39 is 29.7 Å². The Kier molecular flexibility index (Phi) is 19.9. The molecule has 276 valence electrons. The van der Waals surface area contributed by atoms with E-state index in [0.717, 1.165) is 11.4 Å². The zero-order valence-electron chi connectivity index (χ0n) is 28.7. The summed E-state index contributed by atoms with van der Waals surface area (Å²) in [5.41, 5.74) is 0.918. The average molecular weight is 697 g/mol. The van der Waals surface area contributed by atoms with Gasteiger partial charge in [-0.15, -0.1) is 0 Å². The van der Waals surface area contributed by atoms with E-state index in [4.69, 9.17) is 37.9 Å². The van der Waals surface area contributed by atoms with Gasteiger partial charge >= 0.3 is 0 Å². The van der Waals surface area contributed by atoms with Crippen molar-refractivity contribution < 1.29 is 57.1 Å². The second-order valence-electron chi connectivity index (χ2n) is 11.3. The van der Waals surface area contributed by atoms with E-state index in [1.165, 1.54) is 0 Å². The lowest BCUT2D eigenvalue weighted by atomic mass is 10.0. The number of imide groups is 2. The maximum Gasteiger partial charge on any atom is 0.264 e. The highest BCUT2D eigenvalue weighted by Crippen LogP contribution is 2.32. The number of nitrogens with zero attached hydrogens (tertiary/aromatic N) is 2. The smallest absolute Gasteiger partial charge is 0.264 e. The van der Waals surface area contributed by atoms with Crippen LogP contribution in [0, 0.1) is 0 Å². The van der Waals surface area contributed by atoms with Crippen molar-refractivity contribution in [2.45, 2.75) is 18.9 Å². The number of piperidine rings is 1. The Bertz CT molecular complexity index is 1150. The number of likely N-dealkylation sites (N-methyl/N-ethyl adjacent to an activating group) is 1. The number of amides is 4. The summed E-state index contributed by atoms with van der Waals surface area (Å²) in [5, 5.41) is 5.33. The second kappa shape index (κ2) is 24.2. The number of ether oxygens (including phenoxy) is 8. The maximum atomic E-state index is 13.1. The van der Waals surface area contributed by atoms with Gasteiger partial charge in [0.05, 0.1) is 117 Å². The lowest BCUT2D eigenvalue weighted by molar-refractivity contribution is -0.136. The molecule has 1 aromatic carbocycles. The van der Waals surface area contributed by atoms with Crippen LogP contribution in [0.1, 0.15) is 33.6 Å². The first-order valence-electron chi connectivity index (χ1n) is 16.7. The Morgan fingerprint density at radius 1 is 0.673 bits per heavy atom. The van der Waals surface area contributed by atoms with Crippen molar-refractivity contribution in [3.05, 3.63) is 29.3 Å². The lowest BCUT2D eigenvalue weighted by Gasteiger charge is -2.27. The first-order chi connectivity index (χ1) is 23.9. The number of hydrogen-bond donors (Lipinski definition) is 2. The molecule has 0 aromatic heterocycles. The summed E-state index contributed by atoms with van der Waals surface area (Å²) >= 11 is 0. The third-order valence-electron chi connectivity index (χ3n) is 7.32. The van der Waals surface area contributed by atoms with Gasteiger partial charge in [0.2, 0.25) is 11.8 Å². The molecule has 49 heavy (non-hydrogen) atoms. The molecule has 0 spiro atoms. The van der Waals surface area contributed by atoms with Gasteiger partial charge in [-0.05, 0) is 32.6 Å². The molecule has 1 unspecified atom stereocenters. The van der Waals surface area contributed by atoms with Crippen LogP contribution in [0.3, 0.4) is 0 Å². The van der Waals surface area contributed by atoms with Gasteiger partial charge in [0.1, 0.15) is 6.04 Å². The summed E-state index contributed by atoms with van der Waals surface area (Å²) in [6, 6.07) is 3.91. The summed E-state index contributed by atoms with van der Waals surface area (Å²) < 4.78 is 43.9. The summed E-state index contributed by atoms with van der Waals surface area (Å²) in [6.45, 7) is 9.05. The average Bonchev–Trinajstić information content (AvgIpc) is 3.33. The molecule has 1 saturated heterocycles. The summed E-state index contributed by atoms with van der Waals surface area (Å²) in [4.78, 5) is 52.9. The van der Waals surface area contributed by atoms with Crippen molar-refractivity contribution in [1.82, 2.24) is 15.1 Å². The van der Waals surface area contributed by atoms with Crippen molar-refractivity contribution in [3.8, 4) is 0 Å². The van der Waals surface area contributed by atoms with Crippen LogP contribution in [-0.2, 0) is 47.5 Å². The van der Waals surface area contributed by atoms with Gasteiger partial charge in [-0.3, -0.25) is 29.4 Å². The molecule has 2 aliphatic heterocycles. The van der Waals surface area contributed by atoms with Crippen molar-refractivity contribution in [2.75, 3.05) is 138 Å². The molecule has 2 heterocycles. The number of anilines is 1. The molecular formula is C33H52N4O12. The van der Waals surface area contributed by atoms with Gasteiger partial charge in [-0.2, -0.15) is 0 Å². The lowest BCUT2D eigenvalue weighted by Crippen LogP contribution is -2.54. The molecule has 0 radical (unpaired) electrons. The highest BCUT2D eigenvalue weighted by atomic mass is 16.6. The van der Waals surface area contributed by atoms with Gasteiger partial charge < -0.3 is 48.1 Å². The number of hydrogen-bond acceptors (Lipinski definition) is 14. The fraction of sp³-hybridized carbons (Fsp3) is 0.697. The van der Waals surface area contributed by atoms with E-state index in [1.54, 1.807) is 18.2 Å². The third-order valence-corrected chi connectivity index (χ3v) is 7.32. The molecule has 4 amide bonds. The van der Waals surface area contributed by atoms with E-state index in [9.17, 15) is 19.2 Å². The van der Waals surface area contributed by atoms with Gasteiger partial charge in [0.25, 0.3) is 11.8 Å². The first kappa shape index (κ1) is 40.4. The fourth-order valence-corrected chi connectivity index (χ4v) is 4.81. The Hall–Kier alpha value is -3.06. The van der Waals surface area contributed by atoms with E-state index in [1.807, 2.05) is 14.1 Å². The Labute approximate surface area is 287 Å². The molecular weight excluding hydrogens is 644 g/mol. The number of fused-ring (bicyclic) bond motifs is 1. The van der Waals surface area contributed by atoms with Gasteiger partial charge in [-0.1, -0.05) is 6.07 Å². The second-order valence-corrected chi connectivity index (χ2v) is 11.3. The molecule has 0 aliphatic carbocycles. The van der Waals surface area contributed by atoms with Gasteiger partial charge in [0.15, 0.2) is 0 Å². The predicted molar refractivity (Wildman–Crippen MR) is 177 cm³/mol. The van der Waals surface area contributed by atoms with Crippen molar-refractivity contribution >= 4 is 29.3 Å². The van der Waals surface area contributed by atoms with E-state index in [0.29, 0.717) is 118 Å². The molecule has 0 saturated carbocycles. The molecule has 1 aromatic rings. The highest BCUT2D eigenvalue weighted by molar-refractivity contribution is 6.25. The number of nitrogens with one attached hydrogen (secondary N) is 2. The van der Waals surface area contributed by atoms with Crippen LogP contribution in [0.2, 0.25) is 0 Å². The van der Waals surface area contributed by atoms with E-state index in [-0.39, 0.29) is 24.0 Å². The number of carbonyl (C=O) groups is 4. The van der Waals surface area contributed by atoms with Crippen LogP contribution < -0.4 is 10.6 Å². The summed E-state index contributed by atoms with van der Waals surface area (Å²) in [6.07, 6.45) is 0.176. The number of rotatable bonds is 29. The first-order valence-corrected chi connectivity index (χ1v) is 16.7. The molecule has 1 atom stereocenters. The number of carbonyl (C=O) groups excluding carboxylic acids is 4. The van der Waals surface area contributed by atoms with Crippen LogP contribution in [0.5, 0.6) is 0 Å². The Morgan fingerprint density at radius 2 is 1.14 bits per heavy atom. The van der Waals surface area contributed by atoms with Crippen LogP contribution in [-0.4, -0.2) is 172 Å². The summed E-state index contributed by atoms with van der Waals surface area (Å²) in [7, 11) is 4.02. The molecule has 2 aliphatic rings. The van der Waals surface area contributed by atoms with Crippen LogP contribution in [0.25, 0.3) is 0 Å². The zero-order valence-corrected chi connectivity index (χ0v) is 28.7. The van der Waals surface area contributed by atoms with Gasteiger partial charge in [-0.25, -0.2) is 0 Å². The SMILES string of the molecule is CN(C)CCOCCOCCOCCOCCOCCOCCOCCOCCNc1cccc2c1C(=O)N(C1CCC(=O)NC1=O)C2=O. The minimum atomic E-state index is -1.01. The minimum absolute atomic E-state index is 0.0691. The number of benzene rings is 1. The van der Waals surface area contributed by atoms with E-state index in [2.05, 4.69) is 15.5 Å². The normalized spacial score (nSPS) is 16.1. The molecule has 1 fully saturated rings. The van der Waals surface area contributed by atoms with Crippen molar-refractivity contribution in [2.24, 2.45) is 0 Å². The fourth-order valence-electron chi connectivity index (χ4n) is 4.81. The monoisotopic (exact) mass is 696 g/mol. The zero-order chi connectivity index (χ0) is 35.1. The predicted octanol–water partition coefficient (Wildman–Crippen LogP) is 0.194. The largest absolute Gasteiger partial charge is 0.382 e. The minimum Gasteiger partial charge on any atom is -0.382 e. The summed E-state index contributed by atoms with van der Waals surface area (Å²) in [5.74, 6) is -2.16. The molecule has 0 bridgehead atoms. The highest BCUT2D eigenvalue weighted by Gasteiger charge is 2.45. The van der Waals surface area contributed by atoms with Gasteiger partial charge in [0, 0.05) is 25.2 Å². The topological polar surface area (TPSA) is 173 Å². The van der Waals surface area contributed by atoms with Crippen molar-refractivity contribution in [3.63, 3.8) is 0 Å². The molecule has 16 heteroatoms. The maximum absolute atomic E-state index is 13.1. The van der Waals surface area contributed by atoms with Crippen LogP contribution in [0.15, 0.2) is 18.2 Å². The quantitative estimate of drug-likeness (QED) is 0.0859. The molecule has 3 rings (SSSR count). The van der Waals surface area contributed by atoms with E-state index >= 15 is 0 Å². The third kappa shape index (κ3) is 15.2. The van der Waals surface area contributed by atoms with Crippen LogP contribution >= 0.6 is 0 Å². The standard InChI is InChI=1S/C33H52N4O12/c1-36(2)9-11-43-13-15-45-17-19-47-21-23-49-25-24-48-22-20-46-18-16-44-14-12-42-10-8-34-27-5-3-4-26-30(27)33(41)37(32(26)40)28-6-7-29(38)35-31(28)39/h3-5,28,34H,6-25H2,1-2H3,(H,35,38,39). The van der Waals surface area contributed by atoms with Crippen molar-refractivity contribution in [1.29, 1.82) is 0 Å². The Balaban J connectivity index is 1.07. The van der Waals surface area contributed by atoms with Crippen LogP contribution in [0.4, 0.5) is 5.69 Å². The molecule has 2 N–H and O–H groups in total.